The Balaban J connectivity index is 2.78. The van der Waals surface area contributed by atoms with E-state index in [0.717, 1.165) is 0 Å². The number of aromatic hydroxyl groups is 1. The molecule has 0 heterocycles. The van der Waals surface area contributed by atoms with Gasteiger partial charge in [0, 0.05) is 11.8 Å². The number of anilines is 1. The molecular formula is C12H16N2O3S. The first-order valence-corrected chi connectivity index (χ1v) is 5.73. The molecule has 0 atom stereocenters. The zero-order valence-electron chi connectivity index (χ0n) is 10.5. The highest BCUT2D eigenvalue weighted by atomic mass is 32.1. The minimum Gasteiger partial charge on any atom is -0.507 e. The predicted molar refractivity (Wildman–Crippen MR) is 73.9 cm³/mol. The maximum absolute atomic E-state index is 11.5. The van der Waals surface area contributed by atoms with E-state index in [9.17, 15) is 9.90 Å². The summed E-state index contributed by atoms with van der Waals surface area (Å²) in [4.78, 5) is 11.6. The first-order valence-electron chi connectivity index (χ1n) is 5.32. The van der Waals surface area contributed by atoms with Crippen molar-refractivity contribution in [1.82, 2.24) is 0 Å². The summed E-state index contributed by atoms with van der Waals surface area (Å²) >= 11 is 4.76. The fraction of sp³-hybridized carbons (Fsp3) is 0.333. The molecule has 0 bridgehead atoms. The van der Waals surface area contributed by atoms with Crippen molar-refractivity contribution in [2.45, 2.75) is 26.4 Å². The van der Waals surface area contributed by atoms with Gasteiger partial charge in [-0.25, -0.2) is 4.79 Å². The summed E-state index contributed by atoms with van der Waals surface area (Å²) in [6, 6.07) is 4.47. The van der Waals surface area contributed by atoms with E-state index >= 15 is 0 Å². The van der Waals surface area contributed by atoms with Crippen molar-refractivity contribution >= 4 is 29.0 Å². The average molecular weight is 268 g/mol. The van der Waals surface area contributed by atoms with Gasteiger partial charge in [-0.15, -0.1) is 0 Å². The van der Waals surface area contributed by atoms with E-state index in [0.29, 0.717) is 11.3 Å². The van der Waals surface area contributed by atoms with Crippen LogP contribution in [0.3, 0.4) is 0 Å². The van der Waals surface area contributed by atoms with Gasteiger partial charge >= 0.3 is 6.09 Å². The number of rotatable bonds is 2. The Bertz CT molecular complexity index is 481. The van der Waals surface area contributed by atoms with Crippen molar-refractivity contribution < 1.29 is 14.6 Å². The van der Waals surface area contributed by atoms with Gasteiger partial charge in [-0.05, 0) is 32.9 Å². The zero-order chi connectivity index (χ0) is 13.9. The van der Waals surface area contributed by atoms with Crippen molar-refractivity contribution in [3.8, 4) is 5.75 Å². The fourth-order valence-corrected chi connectivity index (χ4v) is 1.41. The fourth-order valence-electron chi connectivity index (χ4n) is 1.24. The lowest BCUT2D eigenvalue weighted by molar-refractivity contribution is 0.0636. The second-order valence-electron chi connectivity index (χ2n) is 4.72. The molecule has 5 nitrogen and oxygen atoms in total. The Kier molecular flexibility index (Phi) is 4.13. The van der Waals surface area contributed by atoms with Gasteiger partial charge in [-0.1, -0.05) is 12.2 Å². The van der Waals surface area contributed by atoms with Gasteiger partial charge in [0.2, 0.25) is 0 Å². The maximum atomic E-state index is 11.5. The SMILES string of the molecule is CC(C)(C)OC(=O)Nc1ccc(C(N)=S)c(O)c1. The number of hydrogen-bond donors (Lipinski definition) is 3. The van der Waals surface area contributed by atoms with Crippen LogP contribution in [0.15, 0.2) is 18.2 Å². The highest BCUT2D eigenvalue weighted by Crippen LogP contribution is 2.22. The highest BCUT2D eigenvalue weighted by molar-refractivity contribution is 7.80. The van der Waals surface area contributed by atoms with E-state index < -0.39 is 11.7 Å². The van der Waals surface area contributed by atoms with Crippen LogP contribution in [-0.2, 0) is 4.74 Å². The van der Waals surface area contributed by atoms with Gasteiger partial charge in [0.25, 0.3) is 0 Å². The molecule has 0 aliphatic carbocycles. The molecule has 1 amide bonds. The molecule has 1 aromatic carbocycles. The van der Waals surface area contributed by atoms with Crippen LogP contribution in [0.25, 0.3) is 0 Å². The summed E-state index contributed by atoms with van der Waals surface area (Å²) < 4.78 is 5.08. The number of thiocarbonyl (C=S) groups is 1. The third-order valence-corrected chi connectivity index (χ3v) is 2.13. The van der Waals surface area contributed by atoms with Crippen molar-refractivity contribution in [2.75, 3.05) is 5.32 Å². The third kappa shape index (κ3) is 4.21. The van der Waals surface area contributed by atoms with Crippen molar-refractivity contribution in [2.24, 2.45) is 5.73 Å². The molecule has 0 saturated heterocycles. The number of nitrogens with two attached hydrogens (primary N) is 1. The van der Waals surface area contributed by atoms with Gasteiger partial charge in [-0.2, -0.15) is 0 Å². The maximum Gasteiger partial charge on any atom is 0.412 e. The Labute approximate surface area is 111 Å². The molecule has 6 heteroatoms. The first-order chi connectivity index (χ1) is 8.19. The quantitative estimate of drug-likeness (QED) is 0.717. The summed E-state index contributed by atoms with van der Waals surface area (Å²) in [6.45, 7) is 5.29. The number of nitrogens with one attached hydrogen (secondary N) is 1. The molecule has 1 aromatic rings. The van der Waals surface area contributed by atoms with Crippen LogP contribution in [0.1, 0.15) is 26.3 Å². The number of carbonyl (C=O) groups is 1. The van der Waals surface area contributed by atoms with Crippen LogP contribution in [0, 0.1) is 0 Å². The molecule has 1 rings (SSSR count). The van der Waals surface area contributed by atoms with Gasteiger partial charge in [-0.3, -0.25) is 5.32 Å². The predicted octanol–water partition coefficient (Wildman–Crippen LogP) is 2.37. The second kappa shape index (κ2) is 5.22. The highest BCUT2D eigenvalue weighted by Gasteiger charge is 2.16. The molecular weight excluding hydrogens is 252 g/mol. The first kappa shape index (κ1) is 14.2. The molecule has 0 aliphatic heterocycles. The zero-order valence-corrected chi connectivity index (χ0v) is 11.3. The van der Waals surface area contributed by atoms with E-state index in [4.69, 9.17) is 22.7 Å². The van der Waals surface area contributed by atoms with E-state index in [1.165, 1.54) is 12.1 Å². The Morgan fingerprint density at radius 2 is 2.06 bits per heavy atom. The monoisotopic (exact) mass is 268 g/mol. The van der Waals surface area contributed by atoms with Crippen LogP contribution in [0.5, 0.6) is 5.75 Å². The van der Waals surface area contributed by atoms with E-state index in [-0.39, 0.29) is 10.7 Å². The number of amides is 1. The van der Waals surface area contributed by atoms with Crippen LogP contribution >= 0.6 is 12.2 Å². The Morgan fingerprint density at radius 3 is 2.50 bits per heavy atom. The van der Waals surface area contributed by atoms with Gasteiger partial charge in [0.05, 0.1) is 5.56 Å². The van der Waals surface area contributed by atoms with Gasteiger partial charge in [0.15, 0.2) is 0 Å². The molecule has 0 radical (unpaired) electrons. The minimum absolute atomic E-state index is 0.0870. The van der Waals surface area contributed by atoms with Crippen molar-refractivity contribution in [3.05, 3.63) is 23.8 Å². The molecule has 0 aliphatic rings. The van der Waals surface area contributed by atoms with Crippen LogP contribution in [0.4, 0.5) is 10.5 Å². The smallest absolute Gasteiger partial charge is 0.412 e. The molecule has 0 saturated carbocycles. The van der Waals surface area contributed by atoms with Crippen LogP contribution < -0.4 is 11.1 Å². The largest absolute Gasteiger partial charge is 0.507 e. The summed E-state index contributed by atoms with van der Waals surface area (Å²) in [5.74, 6) is -0.0870. The summed E-state index contributed by atoms with van der Waals surface area (Å²) in [6.07, 6.45) is -0.593. The third-order valence-electron chi connectivity index (χ3n) is 1.91. The lowest BCUT2D eigenvalue weighted by atomic mass is 10.2. The molecule has 0 unspecified atom stereocenters. The number of carbonyl (C=O) groups excluding carboxylic acids is 1. The Hall–Kier alpha value is -1.82. The average Bonchev–Trinajstić information content (AvgIpc) is 2.13. The summed E-state index contributed by atoms with van der Waals surface area (Å²) in [5.41, 5.74) is 5.60. The normalized spacial score (nSPS) is 10.8. The Morgan fingerprint density at radius 1 is 1.44 bits per heavy atom. The number of phenolic OH excluding ortho intramolecular Hbond substituents is 1. The van der Waals surface area contributed by atoms with E-state index in [2.05, 4.69) is 5.32 Å². The summed E-state index contributed by atoms with van der Waals surface area (Å²) in [7, 11) is 0. The molecule has 0 spiro atoms. The minimum atomic E-state index is -0.593. The number of hydrogen-bond acceptors (Lipinski definition) is 4. The van der Waals surface area contributed by atoms with Crippen molar-refractivity contribution in [1.29, 1.82) is 0 Å². The van der Waals surface area contributed by atoms with Gasteiger partial charge < -0.3 is 15.6 Å². The molecule has 98 valence electrons. The van der Waals surface area contributed by atoms with Crippen LogP contribution in [-0.4, -0.2) is 21.8 Å². The lowest BCUT2D eigenvalue weighted by Gasteiger charge is -2.19. The number of phenols is 1. The molecule has 4 N–H and O–H groups in total. The number of ether oxygens (including phenoxy) is 1. The van der Waals surface area contributed by atoms with E-state index in [1.807, 2.05) is 0 Å². The molecule has 18 heavy (non-hydrogen) atoms. The number of benzene rings is 1. The van der Waals surface area contributed by atoms with Crippen molar-refractivity contribution in [3.63, 3.8) is 0 Å². The summed E-state index contributed by atoms with van der Waals surface area (Å²) in [5, 5.41) is 12.1. The van der Waals surface area contributed by atoms with Crippen LogP contribution in [0.2, 0.25) is 0 Å². The molecule has 0 aromatic heterocycles. The molecule has 0 fully saturated rings. The topological polar surface area (TPSA) is 84.6 Å². The lowest BCUT2D eigenvalue weighted by Crippen LogP contribution is -2.27. The standard InChI is InChI=1S/C12H16N2O3S/c1-12(2,3)17-11(16)14-7-4-5-8(10(13)18)9(15)6-7/h4-6,15H,1-3H3,(H2,13,18)(H,14,16). The van der Waals surface area contributed by atoms with Gasteiger partial charge in [0.1, 0.15) is 16.3 Å². The van der Waals surface area contributed by atoms with E-state index in [1.54, 1.807) is 26.8 Å². The second-order valence-corrected chi connectivity index (χ2v) is 5.16.